The van der Waals surface area contributed by atoms with E-state index in [4.69, 9.17) is 4.74 Å². The lowest BCUT2D eigenvalue weighted by atomic mass is 10.0. The number of aryl methyl sites for hydroxylation is 1. The Morgan fingerprint density at radius 2 is 1.53 bits per heavy atom. The van der Waals surface area contributed by atoms with Gasteiger partial charge in [0.05, 0.1) is 0 Å². The molecule has 30 heavy (non-hydrogen) atoms. The molecular formula is C25H26N2O3. The summed E-state index contributed by atoms with van der Waals surface area (Å²) in [6, 6.07) is 23.0. The predicted octanol–water partition coefficient (Wildman–Crippen LogP) is 4.63. The molecule has 0 spiro atoms. The van der Waals surface area contributed by atoms with E-state index in [1.165, 1.54) is 0 Å². The van der Waals surface area contributed by atoms with Gasteiger partial charge in [0.15, 0.2) is 6.61 Å². The number of benzene rings is 3. The summed E-state index contributed by atoms with van der Waals surface area (Å²) in [4.78, 5) is 24.4. The Hall–Kier alpha value is -3.60. The minimum Gasteiger partial charge on any atom is -0.483 e. The minimum atomic E-state index is -0.430. The number of carbonyl (C=O) groups is 2. The van der Waals surface area contributed by atoms with Crippen molar-refractivity contribution in [3.63, 3.8) is 0 Å². The monoisotopic (exact) mass is 402 g/mol. The number of amides is 2. The number of hydrogen-bond acceptors (Lipinski definition) is 3. The van der Waals surface area contributed by atoms with Crippen molar-refractivity contribution in [1.82, 2.24) is 10.9 Å². The van der Waals surface area contributed by atoms with Crippen molar-refractivity contribution in [3.05, 3.63) is 89.5 Å². The Bertz CT molecular complexity index is 1010. The summed E-state index contributed by atoms with van der Waals surface area (Å²) in [5.74, 6) is 0.145. The maximum atomic E-state index is 12.3. The molecule has 0 aliphatic heterocycles. The van der Waals surface area contributed by atoms with E-state index in [0.29, 0.717) is 11.3 Å². The van der Waals surface area contributed by atoms with Crippen molar-refractivity contribution in [3.8, 4) is 16.9 Å². The van der Waals surface area contributed by atoms with E-state index in [-0.39, 0.29) is 18.4 Å². The van der Waals surface area contributed by atoms with Crippen LogP contribution in [0.15, 0.2) is 72.8 Å². The van der Waals surface area contributed by atoms with Crippen molar-refractivity contribution in [1.29, 1.82) is 0 Å². The van der Waals surface area contributed by atoms with Crippen molar-refractivity contribution in [2.24, 2.45) is 0 Å². The molecular weight excluding hydrogens is 376 g/mol. The number of hydrogen-bond donors (Lipinski definition) is 2. The number of rotatable bonds is 6. The number of carbonyl (C=O) groups excluding carboxylic acids is 2. The first-order chi connectivity index (χ1) is 14.4. The topological polar surface area (TPSA) is 67.4 Å². The second-order valence-electron chi connectivity index (χ2n) is 7.43. The van der Waals surface area contributed by atoms with Gasteiger partial charge in [-0.3, -0.25) is 20.4 Å². The van der Waals surface area contributed by atoms with Crippen LogP contribution in [0.25, 0.3) is 11.1 Å². The highest BCUT2D eigenvalue weighted by Gasteiger charge is 2.12. The molecule has 3 aromatic rings. The third kappa shape index (κ3) is 5.47. The van der Waals surface area contributed by atoms with Gasteiger partial charge in [-0.2, -0.15) is 0 Å². The first-order valence-corrected chi connectivity index (χ1v) is 9.92. The average molecular weight is 402 g/mol. The van der Waals surface area contributed by atoms with E-state index in [0.717, 1.165) is 22.3 Å². The molecule has 0 heterocycles. The van der Waals surface area contributed by atoms with Crippen LogP contribution < -0.4 is 15.6 Å². The zero-order valence-electron chi connectivity index (χ0n) is 17.4. The van der Waals surface area contributed by atoms with E-state index in [2.05, 4.69) is 24.7 Å². The lowest BCUT2D eigenvalue weighted by Gasteiger charge is -2.15. The Balaban J connectivity index is 1.53. The van der Waals surface area contributed by atoms with Gasteiger partial charge in [0.1, 0.15) is 5.75 Å². The van der Waals surface area contributed by atoms with Crippen LogP contribution in [0, 0.1) is 6.92 Å². The molecule has 5 heteroatoms. The molecule has 0 bridgehead atoms. The molecule has 3 aromatic carbocycles. The fourth-order valence-electron chi connectivity index (χ4n) is 3.07. The van der Waals surface area contributed by atoms with Crippen LogP contribution in [0.4, 0.5) is 0 Å². The highest BCUT2D eigenvalue weighted by Crippen LogP contribution is 2.27. The molecule has 0 saturated carbocycles. The second kappa shape index (κ2) is 9.74. The van der Waals surface area contributed by atoms with Crippen LogP contribution in [-0.2, 0) is 4.79 Å². The Labute approximate surface area is 177 Å². The van der Waals surface area contributed by atoms with Crippen molar-refractivity contribution >= 4 is 11.8 Å². The van der Waals surface area contributed by atoms with Crippen molar-refractivity contribution in [2.45, 2.75) is 26.7 Å². The van der Waals surface area contributed by atoms with Crippen LogP contribution in [-0.4, -0.2) is 18.4 Å². The third-order valence-electron chi connectivity index (χ3n) is 4.72. The van der Waals surface area contributed by atoms with Gasteiger partial charge in [0.2, 0.25) is 0 Å². The highest BCUT2D eigenvalue weighted by molar-refractivity contribution is 5.95. The lowest BCUT2D eigenvalue weighted by Crippen LogP contribution is -2.43. The molecule has 0 unspecified atom stereocenters. The molecule has 2 amide bonds. The summed E-state index contributed by atoms with van der Waals surface area (Å²) in [5.41, 5.74) is 9.47. The molecule has 5 nitrogen and oxygen atoms in total. The number of nitrogens with one attached hydrogen (secondary N) is 2. The first kappa shape index (κ1) is 21.1. The summed E-state index contributed by atoms with van der Waals surface area (Å²) >= 11 is 0. The normalized spacial score (nSPS) is 10.5. The zero-order valence-corrected chi connectivity index (χ0v) is 17.4. The van der Waals surface area contributed by atoms with Gasteiger partial charge < -0.3 is 4.74 Å². The van der Waals surface area contributed by atoms with Crippen LogP contribution in [0.5, 0.6) is 5.75 Å². The van der Waals surface area contributed by atoms with Gasteiger partial charge in [-0.1, -0.05) is 68.4 Å². The van der Waals surface area contributed by atoms with Gasteiger partial charge >= 0.3 is 0 Å². The Kier molecular flexibility index (Phi) is 6.86. The Morgan fingerprint density at radius 1 is 0.867 bits per heavy atom. The summed E-state index contributed by atoms with van der Waals surface area (Å²) < 4.78 is 5.68. The number of hydrazine groups is 1. The molecule has 0 radical (unpaired) electrons. The van der Waals surface area contributed by atoms with Crippen LogP contribution >= 0.6 is 0 Å². The third-order valence-corrected chi connectivity index (χ3v) is 4.72. The maximum absolute atomic E-state index is 12.3. The fourth-order valence-corrected chi connectivity index (χ4v) is 3.07. The van der Waals surface area contributed by atoms with Gasteiger partial charge in [-0.25, -0.2) is 0 Å². The zero-order chi connectivity index (χ0) is 21.5. The van der Waals surface area contributed by atoms with Gasteiger partial charge in [-0.15, -0.1) is 0 Å². The smallest absolute Gasteiger partial charge is 0.276 e. The minimum absolute atomic E-state index is 0.184. The summed E-state index contributed by atoms with van der Waals surface area (Å²) in [6.07, 6.45) is 0. The summed E-state index contributed by atoms with van der Waals surface area (Å²) in [7, 11) is 0. The molecule has 0 aliphatic carbocycles. The highest BCUT2D eigenvalue weighted by atomic mass is 16.5. The lowest BCUT2D eigenvalue weighted by molar-refractivity contribution is -0.123. The molecule has 154 valence electrons. The van der Waals surface area contributed by atoms with Gasteiger partial charge in [-0.05, 0) is 53.3 Å². The largest absolute Gasteiger partial charge is 0.483 e. The van der Waals surface area contributed by atoms with Crippen LogP contribution in [0.3, 0.4) is 0 Å². The molecule has 2 N–H and O–H groups in total. The van der Waals surface area contributed by atoms with E-state index in [9.17, 15) is 9.59 Å². The fraction of sp³-hybridized carbons (Fsp3) is 0.200. The molecule has 3 rings (SSSR count). The summed E-state index contributed by atoms with van der Waals surface area (Å²) in [6.45, 7) is 5.93. The van der Waals surface area contributed by atoms with E-state index in [1.807, 2.05) is 67.6 Å². The maximum Gasteiger partial charge on any atom is 0.276 e. The molecule has 0 aliphatic rings. The standard InChI is InChI=1S/C25H26N2O3/c1-17(2)22-14-9-18(3)15-23(22)30-16-24(28)26-27-25(29)21-12-10-20(11-13-21)19-7-5-4-6-8-19/h4-15,17H,16H2,1-3H3,(H,26,28)(H,27,29). The average Bonchev–Trinajstić information content (AvgIpc) is 2.76. The predicted molar refractivity (Wildman–Crippen MR) is 118 cm³/mol. The molecule has 0 aromatic heterocycles. The summed E-state index contributed by atoms with van der Waals surface area (Å²) in [5, 5.41) is 0. The van der Waals surface area contributed by atoms with Crippen molar-refractivity contribution < 1.29 is 14.3 Å². The van der Waals surface area contributed by atoms with E-state index >= 15 is 0 Å². The van der Waals surface area contributed by atoms with E-state index < -0.39 is 5.91 Å². The van der Waals surface area contributed by atoms with Crippen LogP contribution in [0.2, 0.25) is 0 Å². The number of ether oxygens (including phenoxy) is 1. The SMILES string of the molecule is Cc1ccc(C(C)C)c(OCC(=O)NNC(=O)c2ccc(-c3ccccc3)cc2)c1. The van der Waals surface area contributed by atoms with Gasteiger partial charge in [0, 0.05) is 5.56 Å². The van der Waals surface area contributed by atoms with Gasteiger partial charge in [0.25, 0.3) is 11.8 Å². The van der Waals surface area contributed by atoms with E-state index in [1.54, 1.807) is 12.1 Å². The molecule has 0 atom stereocenters. The molecule has 0 fully saturated rings. The van der Waals surface area contributed by atoms with Crippen molar-refractivity contribution in [2.75, 3.05) is 6.61 Å². The Morgan fingerprint density at radius 3 is 2.20 bits per heavy atom. The second-order valence-corrected chi connectivity index (χ2v) is 7.43. The first-order valence-electron chi connectivity index (χ1n) is 9.92. The van der Waals surface area contributed by atoms with Crippen LogP contribution in [0.1, 0.15) is 41.3 Å². The quantitative estimate of drug-likeness (QED) is 0.591. The molecule has 0 saturated heterocycles.